The van der Waals surface area contributed by atoms with Gasteiger partial charge in [0.15, 0.2) is 0 Å². The summed E-state index contributed by atoms with van der Waals surface area (Å²) >= 11 is 12.6. The molecule has 2 fully saturated rings. The Hall–Kier alpha value is -2.72. The average Bonchev–Trinajstić information content (AvgIpc) is 3.38. The fourth-order valence-electron chi connectivity index (χ4n) is 6.76. The predicted octanol–water partition coefficient (Wildman–Crippen LogP) is 3.77. The molecule has 0 aliphatic carbocycles. The highest BCUT2D eigenvalue weighted by molar-refractivity contribution is 6.31. The van der Waals surface area contributed by atoms with Crippen LogP contribution < -0.4 is 16.0 Å². The molecular weight excluding hydrogens is 568 g/mol. The van der Waals surface area contributed by atoms with Gasteiger partial charge in [-0.3, -0.25) is 14.4 Å². The maximum atomic E-state index is 15.1. The zero-order valence-electron chi connectivity index (χ0n) is 23.7. The molecule has 0 saturated carbocycles. The molecule has 220 valence electrons. The Labute approximate surface area is 249 Å². The van der Waals surface area contributed by atoms with Gasteiger partial charge >= 0.3 is 0 Å². The first kappa shape index (κ1) is 29.8. The molecule has 3 aliphatic rings. The molecule has 4 unspecified atom stereocenters. The maximum absolute atomic E-state index is 15.1. The summed E-state index contributed by atoms with van der Waals surface area (Å²) in [5.41, 5.74) is 0.104. The Morgan fingerprint density at radius 2 is 1.78 bits per heavy atom. The minimum Gasteiger partial charge on any atom is -0.338 e. The SMILES string of the molecule is CNCC(=O)N1CCN(C(=O)C2NC(CC(C)(C)C)C3(C(=O)Nc4cc(Cl)c(F)cc43)C2c2cccc(Cl)c2)CC1. The highest BCUT2D eigenvalue weighted by Crippen LogP contribution is 2.57. The summed E-state index contributed by atoms with van der Waals surface area (Å²) in [4.78, 5) is 44.5. The third-order valence-corrected chi connectivity index (χ3v) is 8.97. The van der Waals surface area contributed by atoms with Crippen LogP contribution in [0.2, 0.25) is 10.0 Å². The number of fused-ring (bicyclic) bond motifs is 2. The van der Waals surface area contributed by atoms with Crippen LogP contribution in [-0.4, -0.2) is 79.4 Å². The van der Waals surface area contributed by atoms with Gasteiger partial charge in [0.1, 0.15) is 11.2 Å². The summed E-state index contributed by atoms with van der Waals surface area (Å²) in [5.74, 6) is -1.80. The number of nitrogens with zero attached hydrogens (tertiary/aromatic N) is 2. The molecule has 0 radical (unpaired) electrons. The van der Waals surface area contributed by atoms with Gasteiger partial charge in [-0.05, 0) is 54.3 Å². The zero-order valence-corrected chi connectivity index (χ0v) is 25.2. The Bertz CT molecular complexity index is 1370. The normalized spacial score (nSPS) is 25.9. The molecule has 3 N–H and O–H groups in total. The van der Waals surface area contributed by atoms with E-state index in [9.17, 15) is 14.4 Å². The lowest BCUT2D eigenvalue weighted by molar-refractivity contribution is -0.140. The van der Waals surface area contributed by atoms with Crippen molar-refractivity contribution in [2.45, 2.75) is 50.6 Å². The molecule has 41 heavy (non-hydrogen) atoms. The fraction of sp³-hybridized carbons (Fsp3) is 0.500. The molecule has 2 aromatic carbocycles. The number of carbonyl (C=O) groups excluding carboxylic acids is 3. The van der Waals surface area contributed by atoms with Crippen molar-refractivity contribution in [2.75, 3.05) is 45.1 Å². The van der Waals surface area contributed by atoms with E-state index in [-0.39, 0.29) is 34.7 Å². The molecule has 8 nitrogen and oxygen atoms in total. The van der Waals surface area contributed by atoms with Gasteiger partial charge in [0, 0.05) is 48.8 Å². The number of nitrogens with one attached hydrogen (secondary N) is 3. The van der Waals surface area contributed by atoms with Crippen molar-refractivity contribution >= 4 is 46.6 Å². The molecule has 1 spiro atoms. The number of halogens is 3. The number of hydrogen-bond donors (Lipinski definition) is 3. The summed E-state index contributed by atoms with van der Waals surface area (Å²) in [5, 5.41) is 9.79. The first-order valence-corrected chi connectivity index (χ1v) is 14.7. The van der Waals surface area contributed by atoms with Crippen LogP contribution in [0.5, 0.6) is 0 Å². The van der Waals surface area contributed by atoms with Gasteiger partial charge in [0.05, 0.1) is 17.6 Å². The van der Waals surface area contributed by atoms with E-state index in [1.165, 1.54) is 12.1 Å². The molecule has 3 heterocycles. The molecule has 2 saturated heterocycles. The molecule has 3 amide bonds. The first-order chi connectivity index (χ1) is 19.4. The number of amides is 3. The smallest absolute Gasteiger partial charge is 0.240 e. The second-order valence-electron chi connectivity index (χ2n) is 12.4. The summed E-state index contributed by atoms with van der Waals surface area (Å²) in [6.45, 7) is 8.05. The number of anilines is 1. The van der Waals surface area contributed by atoms with Crippen LogP contribution in [0.1, 0.15) is 44.2 Å². The summed E-state index contributed by atoms with van der Waals surface area (Å²) < 4.78 is 15.1. The Morgan fingerprint density at radius 1 is 1.10 bits per heavy atom. The Morgan fingerprint density at radius 3 is 2.41 bits per heavy atom. The highest BCUT2D eigenvalue weighted by atomic mass is 35.5. The summed E-state index contributed by atoms with van der Waals surface area (Å²) in [6.07, 6.45) is 0.539. The van der Waals surface area contributed by atoms with Gasteiger partial charge in [-0.15, -0.1) is 0 Å². The molecular formula is C30H36Cl2FN5O3. The van der Waals surface area contributed by atoms with Gasteiger partial charge in [-0.25, -0.2) is 4.39 Å². The Kier molecular flexibility index (Phi) is 8.11. The van der Waals surface area contributed by atoms with Gasteiger partial charge < -0.3 is 25.8 Å². The minimum absolute atomic E-state index is 0.0143. The van der Waals surface area contributed by atoms with E-state index >= 15 is 4.39 Å². The number of likely N-dealkylation sites (N-methyl/N-ethyl adjacent to an activating group) is 1. The van der Waals surface area contributed by atoms with E-state index in [0.29, 0.717) is 54.4 Å². The predicted molar refractivity (Wildman–Crippen MR) is 158 cm³/mol. The fourth-order valence-corrected chi connectivity index (χ4v) is 7.12. The van der Waals surface area contributed by atoms with Gasteiger partial charge in [-0.1, -0.05) is 56.1 Å². The van der Waals surface area contributed by atoms with Crippen molar-refractivity contribution in [3.05, 3.63) is 63.4 Å². The number of carbonyl (C=O) groups is 3. The standard InChI is InChI=1S/C30H36Cl2FN5O3/c1-29(2,3)15-23-30(19-13-21(33)20(32)14-22(19)35-28(30)41)25(17-6-5-7-18(31)12-17)26(36-23)27(40)38-10-8-37(9-11-38)24(39)16-34-4/h5-7,12-14,23,25-26,34,36H,8-11,15-16H2,1-4H3,(H,35,41). The van der Waals surface area contributed by atoms with Crippen molar-refractivity contribution in [3.8, 4) is 0 Å². The van der Waals surface area contributed by atoms with Crippen LogP contribution >= 0.6 is 23.2 Å². The molecule has 0 aromatic heterocycles. The van der Waals surface area contributed by atoms with Crippen molar-refractivity contribution in [1.82, 2.24) is 20.4 Å². The molecule has 11 heteroatoms. The van der Waals surface area contributed by atoms with E-state index in [4.69, 9.17) is 23.2 Å². The molecule has 0 bridgehead atoms. The first-order valence-electron chi connectivity index (χ1n) is 13.9. The summed E-state index contributed by atoms with van der Waals surface area (Å²) in [7, 11) is 1.72. The van der Waals surface area contributed by atoms with Crippen molar-refractivity contribution < 1.29 is 18.8 Å². The van der Waals surface area contributed by atoms with Crippen molar-refractivity contribution in [1.29, 1.82) is 0 Å². The van der Waals surface area contributed by atoms with Crippen LogP contribution in [-0.2, 0) is 19.8 Å². The van der Waals surface area contributed by atoms with Crippen LogP contribution in [0, 0.1) is 11.2 Å². The van der Waals surface area contributed by atoms with Crippen LogP contribution in [0.15, 0.2) is 36.4 Å². The quantitative estimate of drug-likeness (QED) is 0.484. The second kappa shape index (κ2) is 11.2. The van der Waals surface area contributed by atoms with Crippen LogP contribution in [0.4, 0.5) is 10.1 Å². The van der Waals surface area contributed by atoms with Gasteiger partial charge in [-0.2, -0.15) is 0 Å². The molecule has 4 atom stereocenters. The van der Waals surface area contributed by atoms with Crippen molar-refractivity contribution in [3.63, 3.8) is 0 Å². The lowest BCUT2D eigenvalue weighted by atomic mass is 9.62. The number of benzene rings is 2. The zero-order chi connectivity index (χ0) is 29.7. The molecule has 2 aromatic rings. The molecule has 5 rings (SSSR count). The van der Waals surface area contributed by atoms with Gasteiger partial charge in [0.2, 0.25) is 17.7 Å². The third kappa shape index (κ3) is 5.33. The highest BCUT2D eigenvalue weighted by Gasteiger charge is 2.66. The molecule has 3 aliphatic heterocycles. The maximum Gasteiger partial charge on any atom is 0.240 e. The van der Waals surface area contributed by atoms with Gasteiger partial charge in [0.25, 0.3) is 0 Å². The van der Waals surface area contributed by atoms with E-state index in [1.807, 2.05) is 6.07 Å². The Balaban J connectivity index is 1.61. The van der Waals surface area contributed by atoms with E-state index in [0.717, 1.165) is 0 Å². The number of piperazine rings is 1. The minimum atomic E-state index is -1.30. The number of hydrogen-bond acceptors (Lipinski definition) is 5. The second-order valence-corrected chi connectivity index (χ2v) is 13.2. The summed E-state index contributed by atoms with van der Waals surface area (Å²) in [6, 6.07) is 8.67. The topological polar surface area (TPSA) is 93.8 Å². The van der Waals surface area contributed by atoms with Crippen LogP contribution in [0.25, 0.3) is 0 Å². The monoisotopic (exact) mass is 603 g/mol. The third-order valence-electron chi connectivity index (χ3n) is 8.45. The van der Waals surface area contributed by atoms with E-state index in [2.05, 4.69) is 36.7 Å². The average molecular weight is 605 g/mol. The van der Waals surface area contributed by atoms with Crippen molar-refractivity contribution in [2.24, 2.45) is 5.41 Å². The lowest BCUT2D eigenvalue weighted by Gasteiger charge is -2.39. The van der Waals surface area contributed by atoms with Crippen LogP contribution in [0.3, 0.4) is 0 Å². The number of rotatable bonds is 5. The van der Waals surface area contributed by atoms with E-state index < -0.39 is 29.2 Å². The van der Waals surface area contributed by atoms with E-state index in [1.54, 1.807) is 35.0 Å². The lowest BCUT2D eigenvalue weighted by Crippen LogP contribution is -2.56. The largest absolute Gasteiger partial charge is 0.338 e.